The Morgan fingerprint density at radius 2 is 2.00 bits per heavy atom. The van der Waals surface area contributed by atoms with Crippen LogP contribution in [0, 0.1) is 5.41 Å². The Morgan fingerprint density at radius 1 is 1.26 bits per heavy atom. The van der Waals surface area contributed by atoms with Gasteiger partial charge in [-0.05, 0) is 44.2 Å². The minimum atomic E-state index is 0.194. The Hall–Kier alpha value is -1.51. The summed E-state index contributed by atoms with van der Waals surface area (Å²) in [5.74, 6) is 2.83. The van der Waals surface area contributed by atoms with Crippen LogP contribution in [0.2, 0.25) is 0 Å². The largest absolute Gasteiger partial charge is 0.383 e. The summed E-state index contributed by atoms with van der Waals surface area (Å²) in [4.78, 5) is 16.3. The van der Waals surface area contributed by atoms with Crippen LogP contribution in [0.3, 0.4) is 0 Å². The number of methoxy groups -OCH3 is 1. The summed E-state index contributed by atoms with van der Waals surface area (Å²) < 4.78 is 7.55. The van der Waals surface area contributed by atoms with Crippen LogP contribution in [0.5, 0.6) is 0 Å². The molecule has 4 rings (SSSR count). The number of likely N-dealkylation sites (tertiary alicyclic amines) is 2. The lowest BCUT2D eigenvalue weighted by molar-refractivity contribution is -0.126. The fourth-order valence-electron chi connectivity index (χ4n) is 4.89. The number of hydrogen-bond acceptors (Lipinski definition) is 6. The zero-order valence-corrected chi connectivity index (χ0v) is 16.6. The van der Waals surface area contributed by atoms with Crippen molar-refractivity contribution in [3.8, 4) is 0 Å². The van der Waals surface area contributed by atoms with Crippen molar-refractivity contribution in [2.45, 2.75) is 57.2 Å². The molecule has 0 bridgehead atoms. The highest BCUT2D eigenvalue weighted by Gasteiger charge is 2.43. The Labute approximate surface area is 161 Å². The molecular formula is C19H32N6O2. The molecule has 1 aromatic heterocycles. The molecule has 0 unspecified atom stereocenters. The Balaban J connectivity index is 1.40. The van der Waals surface area contributed by atoms with Gasteiger partial charge in [0.2, 0.25) is 5.91 Å². The van der Waals surface area contributed by atoms with Gasteiger partial charge in [-0.15, -0.1) is 10.2 Å². The predicted octanol–water partition coefficient (Wildman–Crippen LogP) is 0.574. The maximum Gasteiger partial charge on any atom is 0.222 e. The average Bonchev–Trinajstić information content (AvgIpc) is 3.13. The smallest absolute Gasteiger partial charge is 0.222 e. The molecule has 1 aliphatic carbocycles. The van der Waals surface area contributed by atoms with Crippen molar-refractivity contribution in [1.29, 1.82) is 0 Å². The highest BCUT2D eigenvalue weighted by Crippen LogP contribution is 2.41. The second-order valence-corrected chi connectivity index (χ2v) is 8.75. The maximum absolute atomic E-state index is 12.0. The van der Waals surface area contributed by atoms with E-state index in [1.54, 1.807) is 7.11 Å². The molecule has 0 aromatic carbocycles. The number of ether oxygens (including phenoxy) is 1. The summed E-state index contributed by atoms with van der Waals surface area (Å²) in [6.07, 6.45) is 4.88. The Morgan fingerprint density at radius 3 is 2.59 bits per heavy atom. The predicted molar refractivity (Wildman–Crippen MR) is 101 cm³/mol. The molecule has 3 aliphatic rings. The lowest BCUT2D eigenvalue weighted by Crippen LogP contribution is -2.41. The SMILES string of the molecule is COCCn1c(CN2CCC3(CC2)CC(=O)N(C)C3)nnc1C1CC(N)C1. The number of piperidine rings is 1. The Bertz CT molecular complexity index is 676. The van der Waals surface area contributed by atoms with E-state index in [2.05, 4.69) is 19.7 Å². The molecule has 1 spiro atoms. The van der Waals surface area contributed by atoms with Gasteiger partial charge in [-0.2, -0.15) is 0 Å². The van der Waals surface area contributed by atoms with Crippen LogP contribution in [0.25, 0.3) is 0 Å². The zero-order chi connectivity index (χ0) is 19.0. The molecular weight excluding hydrogens is 344 g/mol. The molecule has 0 atom stereocenters. The van der Waals surface area contributed by atoms with Gasteiger partial charge in [-0.1, -0.05) is 0 Å². The van der Waals surface area contributed by atoms with Gasteiger partial charge in [0.25, 0.3) is 0 Å². The number of rotatable bonds is 6. The number of amides is 1. The highest BCUT2D eigenvalue weighted by atomic mass is 16.5. The summed E-state index contributed by atoms with van der Waals surface area (Å²) in [7, 11) is 3.66. The van der Waals surface area contributed by atoms with Crippen LogP contribution in [0.15, 0.2) is 0 Å². The molecule has 27 heavy (non-hydrogen) atoms. The van der Waals surface area contributed by atoms with E-state index in [4.69, 9.17) is 10.5 Å². The molecule has 8 heteroatoms. The van der Waals surface area contributed by atoms with Crippen molar-refractivity contribution < 1.29 is 9.53 Å². The van der Waals surface area contributed by atoms with Crippen molar-refractivity contribution in [2.75, 3.05) is 40.4 Å². The van der Waals surface area contributed by atoms with Crippen molar-refractivity contribution in [3.63, 3.8) is 0 Å². The van der Waals surface area contributed by atoms with Gasteiger partial charge in [0.15, 0.2) is 0 Å². The van der Waals surface area contributed by atoms with Crippen LogP contribution < -0.4 is 5.73 Å². The van der Waals surface area contributed by atoms with Crippen LogP contribution in [0.1, 0.15) is 49.7 Å². The molecule has 1 amide bonds. The highest BCUT2D eigenvalue weighted by molar-refractivity contribution is 5.79. The van der Waals surface area contributed by atoms with E-state index in [1.165, 1.54) is 0 Å². The number of carbonyl (C=O) groups excluding carboxylic acids is 1. The minimum absolute atomic E-state index is 0.194. The molecule has 8 nitrogen and oxygen atoms in total. The third-order valence-electron chi connectivity index (χ3n) is 6.72. The van der Waals surface area contributed by atoms with E-state index >= 15 is 0 Å². The quantitative estimate of drug-likeness (QED) is 0.781. The summed E-state index contributed by atoms with van der Waals surface area (Å²) in [6.45, 7) is 5.21. The molecule has 3 heterocycles. The molecule has 150 valence electrons. The average molecular weight is 377 g/mol. The van der Waals surface area contributed by atoms with E-state index < -0.39 is 0 Å². The molecule has 0 radical (unpaired) electrons. The lowest BCUT2D eigenvalue weighted by Gasteiger charge is -2.38. The van der Waals surface area contributed by atoms with Crippen molar-refractivity contribution in [3.05, 3.63) is 11.6 Å². The lowest BCUT2D eigenvalue weighted by atomic mass is 9.77. The van der Waals surface area contributed by atoms with E-state index in [0.29, 0.717) is 30.9 Å². The standard InChI is InChI=1S/C19H32N6O2/c1-23-13-19(11-17(23)26)3-5-24(6-4-19)12-16-21-22-18(14-9-15(20)10-14)25(16)7-8-27-2/h14-15H,3-13,20H2,1-2H3. The third kappa shape index (κ3) is 3.75. The third-order valence-corrected chi connectivity index (χ3v) is 6.72. The first-order valence-electron chi connectivity index (χ1n) is 10.1. The number of nitrogens with two attached hydrogens (primary N) is 1. The van der Waals surface area contributed by atoms with Gasteiger partial charge in [-0.3, -0.25) is 9.69 Å². The topological polar surface area (TPSA) is 89.5 Å². The first kappa shape index (κ1) is 18.8. The van der Waals surface area contributed by atoms with Crippen molar-refractivity contribution >= 4 is 5.91 Å². The molecule has 2 aliphatic heterocycles. The first-order valence-corrected chi connectivity index (χ1v) is 10.1. The molecule has 2 N–H and O–H groups in total. The molecule has 3 fully saturated rings. The molecule has 2 saturated heterocycles. The first-order chi connectivity index (χ1) is 13.0. The summed E-state index contributed by atoms with van der Waals surface area (Å²) >= 11 is 0. The van der Waals surface area contributed by atoms with Gasteiger partial charge >= 0.3 is 0 Å². The second kappa shape index (κ2) is 7.48. The van der Waals surface area contributed by atoms with Gasteiger partial charge in [0.1, 0.15) is 11.6 Å². The fourth-order valence-corrected chi connectivity index (χ4v) is 4.89. The van der Waals surface area contributed by atoms with E-state index in [0.717, 1.165) is 70.1 Å². The van der Waals surface area contributed by atoms with Crippen LogP contribution >= 0.6 is 0 Å². The molecule has 1 saturated carbocycles. The minimum Gasteiger partial charge on any atom is -0.383 e. The van der Waals surface area contributed by atoms with Gasteiger partial charge in [0.05, 0.1) is 13.2 Å². The number of hydrogen-bond donors (Lipinski definition) is 1. The maximum atomic E-state index is 12.0. The number of nitrogens with zero attached hydrogens (tertiary/aromatic N) is 5. The fraction of sp³-hybridized carbons (Fsp3) is 0.842. The summed E-state index contributed by atoms with van der Waals surface area (Å²) in [5.41, 5.74) is 6.16. The van der Waals surface area contributed by atoms with Gasteiger partial charge < -0.3 is 19.9 Å². The normalized spacial score (nSPS) is 28.1. The second-order valence-electron chi connectivity index (χ2n) is 8.75. The van der Waals surface area contributed by atoms with E-state index in [1.807, 2.05) is 11.9 Å². The number of carbonyl (C=O) groups is 1. The molecule has 1 aromatic rings. The van der Waals surface area contributed by atoms with E-state index in [-0.39, 0.29) is 5.41 Å². The van der Waals surface area contributed by atoms with Crippen LogP contribution in [-0.4, -0.2) is 76.9 Å². The van der Waals surface area contributed by atoms with Crippen molar-refractivity contribution in [1.82, 2.24) is 24.6 Å². The van der Waals surface area contributed by atoms with Crippen LogP contribution in [0.4, 0.5) is 0 Å². The van der Waals surface area contributed by atoms with Gasteiger partial charge in [-0.25, -0.2) is 0 Å². The van der Waals surface area contributed by atoms with Crippen molar-refractivity contribution in [2.24, 2.45) is 11.1 Å². The van der Waals surface area contributed by atoms with Gasteiger partial charge in [0, 0.05) is 45.6 Å². The van der Waals surface area contributed by atoms with Crippen LogP contribution in [-0.2, 0) is 22.6 Å². The monoisotopic (exact) mass is 376 g/mol. The zero-order valence-electron chi connectivity index (χ0n) is 16.6. The van der Waals surface area contributed by atoms with E-state index in [9.17, 15) is 4.79 Å². The summed E-state index contributed by atoms with van der Waals surface area (Å²) in [6, 6.07) is 0.302. The summed E-state index contributed by atoms with van der Waals surface area (Å²) in [5, 5.41) is 9.02. The number of aromatic nitrogens is 3. The Kier molecular flexibility index (Phi) is 5.22.